The van der Waals surface area contributed by atoms with Crippen molar-refractivity contribution in [1.29, 1.82) is 0 Å². The quantitative estimate of drug-likeness (QED) is 0.664. The molecular weight excluding hydrogens is 148 g/mol. The van der Waals surface area contributed by atoms with E-state index in [0.717, 1.165) is 12.2 Å². The summed E-state index contributed by atoms with van der Waals surface area (Å²) in [4.78, 5) is 0. The highest BCUT2D eigenvalue weighted by molar-refractivity contribution is 5.33. The zero-order valence-electron chi connectivity index (χ0n) is 7.84. The molecule has 0 amide bonds. The van der Waals surface area contributed by atoms with Crippen LogP contribution in [0.5, 0.6) is 5.75 Å². The Labute approximate surface area is 74.4 Å². The van der Waals surface area contributed by atoms with Gasteiger partial charge in [0.2, 0.25) is 0 Å². The third kappa shape index (κ3) is 2.26. The van der Waals surface area contributed by atoms with Crippen LogP contribution in [0.25, 0.3) is 0 Å². The lowest BCUT2D eigenvalue weighted by Gasteiger charge is -2.06. The van der Waals surface area contributed by atoms with Crippen LogP contribution in [0.15, 0.2) is 24.3 Å². The van der Waals surface area contributed by atoms with Gasteiger partial charge in [-0.2, -0.15) is 0 Å². The summed E-state index contributed by atoms with van der Waals surface area (Å²) in [6, 6.07) is 8.22. The first-order valence-corrected chi connectivity index (χ1v) is 4.50. The second kappa shape index (κ2) is 4.81. The van der Waals surface area contributed by atoms with E-state index in [1.54, 1.807) is 7.11 Å². The predicted molar refractivity (Wildman–Crippen MR) is 51.6 cm³/mol. The molecule has 0 radical (unpaired) electrons. The van der Waals surface area contributed by atoms with Crippen LogP contribution < -0.4 is 4.74 Å². The van der Waals surface area contributed by atoms with Crippen molar-refractivity contribution in [2.45, 2.75) is 26.2 Å². The summed E-state index contributed by atoms with van der Waals surface area (Å²) in [6.07, 6.45) is 3.60. The first-order chi connectivity index (χ1) is 5.88. The molecular formula is C11H16O. The van der Waals surface area contributed by atoms with Crippen LogP contribution >= 0.6 is 0 Å². The highest BCUT2D eigenvalue weighted by atomic mass is 16.5. The van der Waals surface area contributed by atoms with E-state index in [9.17, 15) is 0 Å². The molecule has 0 saturated carbocycles. The molecule has 1 aromatic rings. The molecule has 0 heterocycles. The maximum absolute atomic E-state index is 5.24. The van der Waals surface area contributed by atoms with E-state index in [0.29, 0.717) is 0 Å². The van der Waals surface area contributed by atoms with Crippen molar-refractivity contribution in [2.24, 2.45) is 0 Å². The maximum atomic E-state index is 5.24. The van der Waals surface area contributed by atoms with Crippen LogP contribution in [0.2, 0.25) is 0 Å². The molecule has 1 nitrogen and oxygen atoms in total. The van der Waals surface area contributed by atoms with Gasteiger partial charge in [-0.05, 0) is 24.5 Å². The van der Waals surface area contributed by atoms with E-state index in [1.165, 1.54) is 18.4 Å². The zero-order valence-corrected chi connectivity index (χ0v) is 7.84. The molecule has 0 saturated heterocycles. The van der Waals surface area contributed by atoms with Crippen LogP contribution in [-0.4, -0.2) is 7.11 Å². The Hall–Kier alpha value is -0.980. The summed E-state index contributed by atoms with van der Waals surface area (Å²) in [5.74, 6) is 1.02. The first kappa shape index (κ1) is 9.11. The average Bonchev–Trinajstić information content (AvgIpc) is 2.15. The Balaban J connectivity index is 2.68. The van der Waals surface area contributed by atoms with Gasteiger partial charge in [0.1, 0.15) is 5.75 Å². The fourth-order valence-electron chi connectivity index (χ4n) is 1.28. The summed E-state index contributed by atoms with van der Waals surface area (Å²) in [6.45, 7) is 2.20. The Kier molecular flexibility index (Phi) is 3.65. The van der Waals surface area contributed by atoms with Crippen molar-refractivity contribution in [3.8, 4) is 5.75 Å². The zero-order chi connectivity index (χ0) is 8.81. The van der Waals surface area contributed by atoms with Gasteiger partial charge in [0.05, 0.1) is 7.11 Å². The Morgan fingerprint density at radius 3 is 2.67 bits per heavy atom. The average molecular weight is 164 g/mol. The monoisotopic (exact) mass is 164 g/mol. The van der Waals surface area contributed by atoms with Crippen LogP contribution in [0.1, 0.15) is 25.3 Å². The predicted octanol–water partition coefficient (Wildman–Crippen LogP) is 3.04. The Morgan fingerprint density at radius 1 is 1.25 bits per heavy atom. The van der Waals surface area contributed by atoms with Crippen molar-refractivity contribution in [3.05, 3.63) is 29.8 Å². The highest BCUT2D eigenvalue weighted by Gasteiger charge is 1.98. The van der Waals surface area contributed by atoms with Gasteiger partial charge in [-0.3, -0.25) is 0 Å². The minimum Gasteiger partial charge on any atom is -0.496 e. The van der Waals surface area contributed by atoms with Gasteiger partial charge < -0.3 is 4.74 Å². The van der Waals surface area contributed by atoms with Crippen LogP contribution in [0, 0.1) is 0 Å². The molecule has 0 atom stereocenters. The third-order valence-corrected chi connectivity index (χ3v) is 1.99. The van der Waals surface area contributed by atoms with Gasteiger partial charge in [0.25, 0.3) is 0 Å². The van der Waals surface area contributed by atoms with Gasteiger partial charge >= 0.3 is 0 Å². The number of ether oxygens (including phenoxy) is 1. The molecule has 1 rings (SSSR count). The molecule has 0 aromatic heterocycles. The summed E-state index contributed by atoms with van der Waals surface area (Å²) < 4.78 is 5.24. The van der Waals surface area contributed by atoms with Crippen molar-refractivity contribution >= 4 is 0 Å². The van der Waals surface area contributed by atoms with Crippen LogP contribution in [0.4, 0.5) is 0 Å². The van der Waals surface area contributed by atoms with Gasteiger partial charge in [0, 0.05) is 0 Å². The van der Waals surface area contributed by atoms with E-state index >= 15 is 0 Å². The van der Waals surface area contributed by atoms with Gasteiger partial charge in [0.15, 0.2) is 0 Å². The summed E-state index contributed by atoms with van der Waals surface area (Å²) in [7, 11) is 1.73. The van der Waals surface area contributed by atoms with E-state index in [4.69, 9.17) is 4.74 Å². The Bertz CT molecular complexity index is 230. The first-order valence-electron chi connectivity index (χ1n) is 4.50. The van der Waals surface area contributed by atoms with Gasteiger partial charge in [-0.25, -0.2) is 0 Å². The summed E-state index contributed by atoms with van der Waals surface area (Å²) in [5.41, 5.74) is 1.32. The smallest absolute Gasteiger partial charge is 0.122 e. The van der Waals surface area contributed by atoms with Crippen LogP contribution in [0.3, 0.4) is 0 Å². The number of methoxy groups -OCH3 is 1. The SMILES string of the molecule is CCCCc1ccccc1OC. The van der Waals surface area contributed by atoms with Crippen molar-refractivity contribution in [3.63, 3.8) is 0 Å². The maximum Gasteiger partial charge on any atom is 0.122 e. The molecule has 0 aliphatic heterocycles. The van der Waals surface area contributed by atoms with Crippen molar-refractivity contribution in [2.75, 3.05) is 7.11 Å². The van der Waals surface area contributed by atoms with Gasteiger partial charge in [-0.15, -0.1) is 0 Å². The molecule has 0 N–H and O–H groups in total. The standard InChI is InChI=1S/C11H16O/c1-3-4-7-10-8-5-6-9-11(10)12-2/h5-6,8-9H,3-4,7H2,1-2H3. The van der Waals surface area contributed by atoms with Gasteiger partial charge in [-0.1, -0.05) is 31.5 Å². The molecule has 1 heteroatoms. The minimum absolute atomic E-state index is 1.02. The normalized spacial score (nSPS) is 9.83. The Morgan fingerprint density at radius 2 is 2.00 bits per heavy atom. The van der Waals surface area contributed by atoms with Crippen molar-refractivity contribution < 1.29 is 4.74 Å². The lowest BCUT2D eigenvalue weighted by molar-refractivity contribution is 0.409. The number of benzene rings is 1. The molecule has 66 valence electrons. The molecule has 0 aliphatic carbocycles. The third-order valence-electron chi connectivity index (χ3n) is 1.99. The number of rotatable bonds is 4. The molecule has 0 bridgehead atoms. The van der Waals surface area contributed by atoms with Crippen LogP contribution in [-0.2, 0) is 6.42 Å². The van der Waals surface area contributed by atoms with E-state index in [-0.39, 0.29) is 0 Å². The number of unbranched alkanes of at least 4 members (excludes halogenated alkanes) is 1. The summed E-state index contributed by atoms with van der Waals surface area (Å²) in [5, 5.41) is 0. The molecule has 12 heavy (non-hydrogen) atoms. The molecule has 0 spiro atoms. The molecule has 1 aromatic carbocycles. The topological polar surface area (TPSA) is 9.23 Å². The number of hydrogen-bond acceptors (Lipinski definition) is 1. The largest absolute Gasteiger partial charge is 0.496 e. The number of para-hydroxylation sites is 1. The molecule has 0 unspecified atom stereocenters. The highest BCUT2D eigenvalue weighted by Crippen LogP contribution is 2.18. The second-order valence-electron chi connectivity index (χ2n) is 2.92. The number of hydrogen-bond donors (Lipinski definition) is 0. The second-order valence-corrected chi connectivity index (χ2v) is 2.92. The van der Waals surface area contributed by atoms with E-state index in [1.807, 2.05) is 12.1 Å². The lowest BCUT2D eigenvalue weighted by atomic mass is 10.1. The van der Waals surface area contributed by atoms with Crippen molar-refractivity contribution in [1.82, 2.24) is 0 Å². The molecule has 0 fully saturated rings. The van der Waals surface area contributed by atoms with E-state index in [2.05, 4.69) is 19.1 Å². The molecule has 0 aliphatic rings. The fourth-order valence-corrected chi connectivity index (χ4v) is 1.28. The lowest BCUT2D eigenvalue weighted by Crippen LogP contribution is -1.91. The number of aryl methyl sites for hydroxylation is 1. The minimum atomic E-state index is 1.02. The summed E-state index contributed by atoms with van der Waals surface area (Å²) >= 11 is 0. The fraction of sp³-hybridized carbons (Fsp3) is 0.455. The van der Waals surface area contributed by atoms with E-state index < -0.39 is 0 Å².